The van der Waals surface area contributed by atoms with Crippen molar-refractivity contribution in [2.75, 3.05) is 6.54 Å². The molecule has 0 saturated heterocycles. The SMILES string of the molecule is CCNC1CCCCCC1NC(=O)OC(C)(C)C. The summed E-state index contributed by atoms with van der Waals surface area (Å²) in [5, 5.41) is 6.50. The molecule has 0 spiro atoms. The fourth-order valence-corrected chi connectivity index (χ4v) is 2.45. The zero-order valence-electron chi connectivity index (χ0n) is 12.2. The van der Waals surface area contributed by atoms with Gasteiger partial charge < -0.3 is 15.4 Å². The van der Waals surface area contributed by atoms with Crippen molar-refractivity contribution in [2.24, 2.45) is 0 Å². The summed E-state index contributed by atoms with van der Waals surface area (Å²) < 4.78 is 5.33. The smallest absolute Gasteiger partial charge is 0.407 e. The van der Waals surface area contributed by atoms with E-state index >= 15 is 0 Å². The van der Waals surface area contributed by atoms with Gasteiger partial charge in [-0.2, -0.15) is 0 Å². The number of alkyl carbamates (subject to hydrolysis) is 1. The van der Waals surface area contributed by atoms with Crippen LogP contribution in [-0.2, 0) is 4.74 Å². The van der Waals surface area contributed by atoms with E-state index in [0.717, 1.165) is 19.4 Å². The van der Waals surface area contributed by atoms with Gasteiger partial charge in [0.15, 0.2) is 0 Å². The molecular weight excluding hydrogens is 228 g/mol. The molecule has 0 heterocycles. The maximum absolute atomic E-state index is 11.8. The second-order valence-corrected chi connectivity index (χ2v) is 6.05. The number of ether oxygens (including phenoxy) is 1. The highest BCUT2D eigenvalue weighted by molar-refractivity contribution is 5.68. The van der Waals surface area contributed by atoms with E-state index in [0.29, 0.717) is 6.04 Å². The van der Waals surface area contributed by atoms with Crippen LogP contribution >= 0.6 is 0 Å². The van der Waals surface area contributed by atoms with E-state index in [4.69, 9.17) is 4.74 Å². The van der Waals surface area contributed by atoms with Crippen molar-refractivity contribution in [1.82, 2.24) is 10.6 Å². The fraction of sp³-hybridized carbons (Fsp3) is 0.929. The molecule has 1 fully saturated rings. The lowest BCUT2D eigenvalue weighted by molar-refractivity contribution is 0.0490. The zero-order chi connectivity index (χ0) is 13.6. The zero-order valence-corrected chi connectivity index (χ0v) is 12.2. The Morgan fingerprint density at radius 2 is 1.78 bits per heavy atom. The topological polar surface area (TPSA) is 50.4 Å². The molecule has 1 aliphatic carbocycles. The molecule has 0 aromatic rings. The molecule has 2 atom stereocenters. The number of carbonyl (C=O) groups is 1. The van der Waals surface area contributed by atoms with Crippen molar-refractivity contribution < 1.29 is 9.53 Å². The molecule has 2 unspecified atom stereocenters. The second-order valence-electron chi connectivity index (χ2n) is 6.05. The molecule has 1 aliphatic rings. The molecule has 0 aliphatic heterocycles. The van der Waals surface area contributed by atoms with Crippen LogP contribution in [0.4, 0.5) is 4.79 Å². The Hall–Kier alpha value is -0.770. The van der Waals surface area contributed by atoms with Crippen molar-refractivity contribution in [1.29, 1.82) is 0 Å². The van der Waals surface area contributed by atoms with E-state index in [1.54, 1.807) is 0 Å². The van der Waals surface area contributed by atoms with Gasteiger partial charge in [-0.3, -0.25) is 0 Å². The summed E-state index contributed by atoms with van der Waals surface area (Å²) in [6.07, 6.45) is 5.56. The van der Waals surface area contributed by atoms with E-state index in [9.17, 15) is 4.79 Å². The van der Waals surface area contributed by atoms with Crippen molar-refractivity contribution in [3.63, 3.8) is 0 Å². The number of rotatable bonds is 3. The first kappa shape index (κ1) is 15.3. The molecule has 0 bridgehead atoms. The van der Waals surface area contributed by atoms with Gasteiger partial charge in [0, 0.05) is 12.1 Å². The highest BCUT2D eigenvalue weighted by Crippen LogP contribution is 2.19. The van der Waals surface area contributed by atoms with Gasteiger partial charge in [-0.1, -0.05) is 26.2 Å². The monoisotopic (exact) mass is 256 g/mol. The van der Waals surface area contributed by atoms with E-state index in [1.165, 1.54) is 19.3 Å². The maximum atomic E-state index is 11.8. The average Bonchev–Trinajstić information content (AvgIpc) is 2.42. The Labute approximate surface area is 111 Å². The third kappa shape index (κ3) is 5.71. The molecule has 2 N–H and O–H groups in total. The summed E-state index contributed by atoms with van der Waals surface area (Å²) in [7, 11) is 0. The molecule has 4 heteroatoms. The number of hydrogen-bond donors (Lipinski definition) is 2. The van der Waals surface area contributed by atoms with Crippen LogP contribution in [0.2, 0.25) is 0 Å². The molecule has 1 amide bonds. The van der Waals surface area contributed by atoms with Gasteiger partial charge in [-0.05, 0) is 40.2 Å². The van der Waals surface area contributed by atoms with Crippen LogP contribution in [0.1, 0.15) is 59.8 Å². The van der Waals surface area contributed by atoms with Crippen LogP contribution < -0.4 is 10.6 Å². The molecule has 0 aromatic heterocycles. The lowest BCUT2D eigenvalue weighted by Gasteiger charge is -2.28. The highest BCUT2D eigenvalue weighted by atomic mass is 16.6. The van der Waals surface area contributed by atoms with Gasteiger partial charge >= 0.3 is 6.09 Å². The van der Waals surface area contributed by atoms with E-state index in [1.807, 2.05) is 20.8 Å². The molecule has 4 nitrogen and oxygen atoms in total. The third-order valence-corrected chi connectivity index (χ3v) is 3.18. The van der Waals surface area contributed by atoms with Crippen LogP contribution in [0.5, 0.6) is 0 Å². The molecular formula is C14H28N2O2. The Kier molecular flexibility index (Phi) is 5.93. The summed E-state index contributed by atoms with van der Waals surface area (Å²) in [4.78, 5) is 11.8. The van der Waals surface area contributed by atoms with Gasteiger partial charge in [-0.15, -0.1) is 0 Å². The summed E-state index contributed by atoms with van der Waals surface area (Å²) in [6.45, 7) is 8.72. The van der Waals surface area contributed by atoms with E-state index in [2.05, 4.69) is 17.6 Å². The van der Waals surface area contributed by atoms with Crippen LogP contribution in [0, 0.1) is 0 Å². The summed E-state index contributed by atoms with van der Waals surface area (Å²) in [6, 6.07) is 0.576. The van der Waals surface area contributed by atoms with Gasteiger partial charge in [0.25, 0.3) is 0 Å². The maximum Gasteiger partial charge on any atom is 0.407 e. The predicted molar refractivity (Wildman–Crippen MR) is 73.7 cm³/mol. The number of likely N-dealkylation sites (N-methyl/N-ethyl adjacent to an activating group) is 1. The summed E-state index contributed by atoms with van der Waals surface area (Å²) in [5.41, 5.74) is -0.428. The number of amides is 1. The number of nitrogens with one attached hydrogen (secondary N) is 2. The minimum absolute atomic E-state index is 0.197. The van der Waals surface area contributed by atoms with Crippen molar-refractivity contribution in [2.45, 2.75) is 77.5 Å². The quantitative estimate of drug-likeness (QED) is 0.763. The first-order valence-corrected chi connectivity index (χ1v) is 7.15. The average molecular weight is 256 g/mol. The summed E-state index contributed by atoms with van der Waals surface area (Å²) >= 11 is 0. The van der Waals surface area contributed by atoms with Gasteiger partial charge in [0.1, 0.15) is 5.60 Å². The van der Waals surface area contributed by atoms with Gasteiger partial charge in [0.05, 0.1) is 0 Å². The van der Waals surface area contributed by atoms with Crippen LogP contribution in [-0.4, -0.2) is 30.3 Å². The van der Waals surface area contributed by atoms with Crippen molar-refractivity contribution >= 4 is 6.09 Å². The fourth-order valence-electron chi connectivity index (χ4n) is 2.45. The Morgan fingerprint density at radius 3 is 2.33 bits per heavy atom. The predicted octanol–water partition coefficient (Wildman–Crippen LogP) is 2.82. The third-order valence-electron chi connectivity index (χ3n) is 3.18. The van der Waals surface area contributed by atoms with Crippen LogP contribution in [0.3, 0.4) is 0 Å². The molecule has 106 valence electrons. The van der Waals surface area contributed by atoms with Crippen molar-refractivity contribution in [3.05, 3.63) is 0 Å². The largest absolute Gasteiger partial charge is 0.444 e. The second kappa shape index (κ2) is 6.98. The van der Waals surface area contributed by atoms with Crippen molar-refractivity contribution in [3.8, 4) is 0 Å². The lowest BCUT2D eigenvalue weighted by atomic mass is 10.0. The summed E-state index contributed by atoms with van der Waals surface area (Å²) in [5.74, 6) is 0. The molecule has 18 heavy (non-hydrogen) atoms. The normalized spacial score (nSPS) is 25.3. The lowest BCUT2D eigenvalue weighted by Crippen LogP contribution is -2.50. The Morgan fingerprint density at radius 1 is 1.17 bits per heavy atom. The molecule has 0 radical (unpaired) electrons. The molecule has 1 rings (SSSR count). The highest BCUT2D eigenvalue weighted by Gasteiger charge is 2.26. The van der Waals surface area contributed by atoms with E-state index in [-0.39, 0.29) is 12.1 Å². The Balaban J connectivity index is 2.52. The Bertz CT molecular complexity index is 261. The molecule has 0 aromatic carbocycles. The number of carbonyl (C=O) groups excluding carboxylic acids is 1. The minimum Gasteiger partial charge on any atom is -0.444 e. The van der Waals surface area contributed by atoms with Gasteiger partial charge in [0.2, 0.25) is 0 Å². The van der Waals surface area contributed by atoms with Crippen LogP contribution in [0.25, 0.3) is 0 Å². The van der Waals surface area contributed by atoms with Gasteiger partial charge in [-0.25, -0.2) is 4.79 Å². The minimum atomic E-state index is -0.428. The standard InChI is InChI=1S/C14H28N2O2/c1-5-15-11-9-7-6-8-10-12(11)16-13(17)18-14(2,3)4/h11-12,15H,5-10H2,1-4H3,(H,16,17). The number of hydrogen-bond acceptors (Lipinski definition) is 3. The molecule has 1 saturated carbocycles. The first-order valence-electron chi connectivity index (χ1n) is 7.15. The first-order chi connectivity index (χ1) is 8.42. The van der Waals surface area contributed by atoms with E-state index < -0.39 is 5.60 Å². The van der Waals surface area contributed by atoms with Crippen LogP contribution in [0.15, 0.2) is 0 Å².